The Labute approximate surface area is 127 Å². The molecule has 108 valence electrons. The highest BCUT2D eigenvalue weighted by molar-refractivity contribution is 7.99. The summed E-state index contributed by atoms with van der Waals surface area (Å²) in [5.74, 6) is -0.0605. The normalized spacial score (nSPS) is 12.6. The lowest BCUT2D eigenvalue weighted by molar-refractivity contribution is 0.0958. The highest BCUT2D eigenvalue weighted by Crippen LogP contribution is 2.34. The summed E-state index contributed by atoms with van der Waals surface area (Å²) in [5.41, 5.74) is 7.87. The highest BCUT2D eigenvalue weighted by atomic mass is 32.2. The third-order valence-electron chi connectivity index (χ3n) is 3.33. The molecule has 0 aliphatic heterocycles. The molecule has 1 heterocycles. The van der Waals surface area contributed by atoms with Gasteiger partial charge in [0.1, 0.15) is 4.88 Å². The molecule has 3 N–H and O–H groups in total. The van der Waals surface area contributed by atoms with E-state index >= 15 is 0 Å². The number of hydrogen-bond donors (Lipinski definition) is 2. The predicted molar refractivity (Wildman–Crippen MR) is 90.9 cm³/mol. The van der Waals surface area contributed by atoms with Crippen molar-refractivity contribution in [1.82, 2.24) is 5.32 Å². The van der Waals surface area contributed by atoms with Gasteiger partial charge in [0, 0.05) is 21.9 Å². The SMILES string of the molecule is CSC(C)CCNC(=O)c1sc2cc(C)ccc2c1N. The number of nitrogen functional groups attached to an aromatic ring is 1. The first kappa shape index (κ1) is 15.2. The molecule has 2 rings (SSSR count). The number of carbonyl (C=O) groups excluding carboxylic acids is 1. The number of rotatable bonds is 5. The van der Waals surface area contributed by atoms with Crippen molar-refractivity contribution in [2.75, 3.05) is 18.5 Å². The van der Waals surface area contributed by atoms with Crippen LogP contribution in [-0.4, -0.2) is 24.0 Å². The van der Waals surface area contributed by atoms with Crippen molar-refractivity contribution in [3.63, 3.8) is 0 Å². The number of aryl methyl sites for hydroxylation is 1. The van der Waals surface area contributed by atoms with Gasteiger partial charge in [-0.15, -0.1) is 11.3 Å². The van der Waals surface area contributed by atoms with Crippen molar-refractivity contribution in [3.8, 4) is 0 Å². The fraction of sp³-hybridized carbons (Fsp3) is 0.400. The van der Waals surface area contributed by atoms with E-state index in [-0.39, 0.29) is 5.91 Å². The van der Waals surface area contributed by atoms with E-state index in [1.54, 1.807) is 0 Å². The topological polar surface area (TPSA) is 55.1 Å². The minimum absolute atomic E-state index is 0.0605. The molecular formula is C15H20N2OS2. The van der Waals surface area contributed by atoms with Gasteiger partial charge in [-0.05, 0) is 31.2 Å². The fourth-order valence-electron chi connectivity index (χ4n) is 1.98. The van der Waals surface area contributed by atoms with Crippen LogP contribution in [0, 0.1) is 6.92 Å². The van der Waals surface area contributed by atoms with E-state index in [0.29, 0.717) is 22.4 Å². The minimum Gasteiger partial charge on any atom is -0.397 e. The first-order valence-corrected chi connectivity index (χ1v) is 8.73. The molecule has 1 aromatic carbocycles. The van der Waals surface area contributed by atoms with Crippen LogP contribution >= 0.6 is 23.1 Å². The summed E-state index contributed by atoms with van der Waals surface area (Å²) in [6.07, 6.45) is 3.05. The van der Waals surface area contributed by atoms with Crippen LogP contribution in [0.5, 0.6) is 0 Å². The Morgan fingerprint density at radius 2 is 2.25 bits per heavy atom. The Balaban J connectivity index is 2.12. The van der Waals surface area contributed by atoms with Crippen LogP contribution in [0.25, 0.3) is 10.1 Å². The maximum atomic E-state index is 12.2. The Morgan fingerprint density at radius 1 is 1.50 bits per heavy atom. The van der Waals surface area contributed by atoms with Crippen LogP contribution in [0.4, 0.5) is 5.69 Å². The summed E-state index contributed by atoms with van der Waals surface area (Å²) in [6.45, 7) is 4.89. The molecule has 2 aromatic rings. The first-order chi connectivity index (χ1) is 9.52. The number of thioether (sulfide) groups is 1. The third-order valence-corrected chi connectivity index (χ3v) is 5.54. The Morgan fingerprint density at radius 3 is 2.95 bits per heavy atom. The average Bonchev–Trinajstić information content (AvgIpc) is 2.75. The van der Waals surface area contributed by atoms with E-state index < -0.39 is 0 Å². The zero-order valence-corrected chi connectivity index (χ0v) is 13.7. The standard InChI is InChI=1S/C15H20N2OS2/c1-9-4-5-11-12(8-9)20-14(13(11)16)15(18)17-7-6-10(2)19-3/h4-5,8,10H,6-7,16H2,1-3H3,(H,17,18). The average molecular weight is 308 g/mol. The monoisotopic (exact) mass is 308 g/mol. The van der Waals surface area contributed by atoms with Gasteiger partial charge < -0.3 is 11.1 Å². The molecule has 0 aliphatic carbocycles. The van der Waals surface area contributed by atoms with Gasteiger partial charge in [-0.3, -0.25) is 4.79 Å². The zero-order valence-electron chi connectivity index (χ0n) is 12.0. The summed E-state index contributed by atoms with van der Waals surface area (Å²) >= 11 is 3.28. The van der Waals surface area contributed by atoms with Crippen molar-refractivity contribution in [3.05, 3.63) is 28.6 Å². The van der Waals surface area contributed by atoms with E-state index in [1.807, 2.05) is 30.8 Å². The van der Waals surface area contributed by atoms with E-state index in [1.165, 1.54) is 16.9 Å². The largest absolute Gasteiger partial charge is 0.397 e. The number of carbonyl (C=O) groups is 1. The van der Waals surface area contributed by atoms with Crippen LogP contribution in [0.3, 0.4) is 0 Å². The summed E-state index contributed by atoms with van der Waals surface area (Å²) in [6, 6.07) is 6.08. The molecule has 0 bridgehead atoms. The lowest BCUT2D eigenvalue weighted by Crippen LogP contribution is -2.25. The summed E-state index contributed by atoms with van der Waals surface area (Å²) in [5, 5.41) is 4.49. The molecule has 20 heavy (non-hydrogen) atoms. The lowest BCUT2D eigenvalue weighted by Gasteiger charge is -2.08. The molecule has 3 nitrogen and oxygen atoms in total. The van der Waals surface area contributed by atoms with Crippen LogP contribution in [-0.2, 0) is 0 Å². The number of nitrogens with one attached hydrogen (secondary N) is 1. The van der Waals surface area contributed by atoms with Gasteiger partial charge in [0.05, 0.1) is 5.69 Å². The van der Waals surface area contributed by atoms with Gasteiger partial charge in [0.15, 0.2) is 0 Å². The van der Waals surface area contributed by atoms with Crippen LogP contribution < -0.4 is 11.1 Å². The number of nitrogens with two attached hydrogens (primary N) is 1. The van der Waals surface area contributed by atoms with E-state index in [4.69, 9.17) is 5.73 Å². The predicted octanol–water partition coefficient (Wildman–Crippen LogP) is 3.66. The number of hydrogen-bond acceptors (Lipinski definition) is 4. The molecule has 1 atom stereocenters. The Bertz CT molecular complexity index is 622. The number of amides is 1. The number of thiophene rings is 1. The molecule has 1 aromatic heterocycles. The Kier molecular flexibility index (Phi) is 4.94. The summed E-state index contributed by atoms with van der Waals surface area (Å²) in [4.78, 5) is 12.8. The van der Waals surface area contributed by atoms with Crippen LogP contribution in [0.1, 0.15) is 28.6 Å². The van der Waals surface area contributed by atoms with Crippen molar-refractivity contribution in [2.24, 2.45) is 0 Å². The Hall–Kier alpha value is -1.20. The molecule has 1 unspecified atom stereocenters. The number of anilines is 1. The van der Waals surface area contributed by atoms with Gasteiger partial charge in [0.25, 0.3) is 5.91 Å². The molecule has 0 radical (unpaired) electrons. The van der Waals surface area contributed by atoms with Crippen LogP contribution in [0.2, 0.25) is 0 Å². The van der Waals surface area contributed by atoms with Crippen molar-refractivity contribution in [2.45, 2.75) is 25.5 Å². The molecule has 0 aliphatic rings. The van der Waals surface area contributed by atoms with Crippen LogP contribution in [0.15, 0.2) is 18.2 Å². The van der Waals surface area contributed by atoms with Crippen molar-refractivity contribution >= 4 is 44.8 Å². The maximum absolute atomic E-state index is 12.2. The molecular weight excluding hydrogens is 288 g/mol. The van der Waals surface area contributed by atoms with Gasteiger partial charge in [-0.25, -0.2) is 0 Å². The lowest BCUT2D eigenvalue weighted by atomic mass is 10.1. The molecule has 0 spiro atoms. The van der Waals surface area contributed by atoms with Crippen molar-refractivity contribution < 1.29 is 4.79 Å². The number of benzene rings is 1. The zero-order chi connectivity index (χ0) is 14.7. The molecule has 0 saturated carbocycles. The second-order valence-corrected chi connectivity index (χ2v) is 7.26. The quantitative estimate of drug-likeness (QED) is 0.886. The first-order valence-electron chi connectivity index (χ1n) is 6.62. The second kappa shape index (κ2) is 6.50. The molecule has 5 heteroatoms. The van der Waals surface area contributed by atoms with Gasteiger partial charge >= 0.3 is 0 Å². The molecule has 0 saturated heterocycles. The number of fused-ring (bicyclic) bond motifs is 1. The van der Waals surface area contributed by atoms with E-state index in [0.717, 1.165) is 16.5 Å². The second-order valence-electron chi connectivity index (χ2n) is 4.94. The van der Waals surface area contributed by atoms with E-state index in [9.17, 15) is 4.79 Å². The molecule has 1 amide bonds. The molecule has 0 fully saturated rings. The highest BCUT2D eigenvalue weighted by Gasteiger charge is 2.16. The van der Waals surface area contributed by atoms with Gasteiger partial charge in [-0.1, -0.05) is 19.1 Å². The summed E-state index contributed by atoms with van der Waals surface area (Å²) < 4.78 is 1.07. The smallest absolute Gasteiger partial charge is 0.263 e. The summed E-state index contributed by atoms with van der Waals surface area (Å²) in [7, 11) is 0. The van der Waals surface area contributed by atoms with Gasteiger partial charge in [0.2, 0.25) is 0 Å². The van der Waals surface area contributed by atoms with Crippen molar-refractivity contribution in [1.29, 1.82) is 0 Å². The minimum atomic E-state index is -0.0605. The third kappa shape index (κ3) is 3.27. The maximum Gasteiger partial charge on any atom is 0.263 e. The van der Waals surface area contributed by atoms with E-state index in [2.05, 4.69) is 24.6 Å². The van der Waals surface area contributed by atoms with Gasteiger partial charge in [-0.2, -0.15) is 11.8 Å². The fourth-order valence-corrected chi connectivity index (χ4v) is 3.47.